The van der Waals surface area contributed by atoms with Gasteiger partial charge in [0.25, 0.3) is 0 Å². The van der Waals surface area contributed by atoms with E-state index in [0.29, 0.717) is 12.4 Å². The number of benzene rings is 2. The number of rotatable bonds is 5. The van der Waals surface area contributed by atoms with Gasteiger partial charge in [0.15, 0.2) is 0 Å². The Labute approximate surface area is 117 Å². The Bertz CT molecular complexity index is 620. The van der Waals surface area contributed by atoms with Crippen molar-refractivity contribution in [2.24, 2.45) is 0 Å². The minimum absolute atomic E-state index is 0.219. The van der Waals surface area contributed by atoms with E-state index < -0.39 is 5.97 Å². The molecule has 0 unspecified atom stereocenters. The summed E-state index contributed by atoms with van der Waals surface area (Å²) in [6, 6.07) is 12.4. The number of aromatic carboxylic acids is 1. The second-order valence-corrected chi connectivity index (χ2v) is 4.43. The first-order valence-electron chi connectivity index (χ1n) is 6.20. The molecule has 0 fully saturated rings. The van der Waals surface area contributed by atoms with Gasteiger partial charge >= 0.3 is 5.97 Å². The Morgan fingerprint density at radius 3 is 2.70 bits per heavy atom. The standard InChI is InChI=1S/C16H16O4/c1-11-6-7-13(16(17)18)9-15(11)20-10-12-4-3-5-14(8-12)19-2/h3-9H,10H2,1-2H3,(H,17,18). The van der Waals surface area contributed by atoms with Crippen LogP contribution in [0.4, 0.5) is 0 Å². The molecule has 0 aliphatic carbocycles. The van der Waals surface area contributed by atoms with Crippen molar-refractivity contribution in [1.82, 2.24) is 0 Å². The molecule has 4 heteroatoms. The summed E-state index contributed by atoms with van der Waals surface area (Å²) in [5, 5.41) is 8.98. The monoisotopic (exact) mass is 272 g/mol. The third-order valence-electron chi connectivity index (χ3n) is 2.96. The van der Waals surface area contributed by atoms with Crippen LogP contribution in [0.2, 0.25) is 0 Å². The predicted molar refractivity (Wildman–Crippen MR) is 75.5 cm³/mol. The van der Waals surface area contributed by atoms with E-state index in [1.54, 1.807) is 19.2 Å². The highest BCUT2D eigenvalue weighted by Crippen LogP contribution is 2.22. The average molecular weight is 272 g/mol. The number of hydrogen-bond donors (Lipinski definition) is 1. The van der Waals surface area contributed by atoms with Crippen LogP contribution in [-0.2, 0) is 6.61 Å². The molecule has 2 aromatic carbocycles. The minimum Gasteiger partial charge on any atom is -0.497 e. The van der Waals surface area contributed by atoms with E-state index in [4.69, 9.17) is 14.6 Å². The maximum absolute atomic E-state index is 11.0. The van der Waals surface area contributed by atoms with Crippen molar-refractivity contribution in [2.45, 2.75) is 13.5 Å². The van der Waals surface area contributed by atoms with Crippen LogP contribution < -0.4 is 9.47 Å². The lowest BCUT2D eigenvalue weighted by molar-refractivity contribution is 0.0696. The van der Waals surface area contributed by atoms with Gasteiger partial charge in [-0.15, -0.1) is 0 Å². The molecule has 2 aromatic rings. The Kier molecular flexibility index (Phi) is 4.25. The largest absolute Gasteiger partial charge is 0.497 e. The number of hydrogen-bond acceptors (Lipinski definition) is 3. The number of ether oxygens (including phenoxy) is 2. The van der Waals surface area contributed by atoms with Crippen molar-refractivity contribution in [3.05, 3.63) is 59.2 Å². The molecule has 2 rings (SSSR count). The van der Waals surface area contributed by atoms with E-state index in [2.05, 4.69) is 0 Å². The maximum Gasteiger partial charge on any atom is 0.335 e. The molecule has 0 atom stereocenters. The summed E-state index contributed by atoms with van der Waals surface area (Å²) < 4.78 is 10.8. The Balaban J connectivity index is 2.13. The SMILES string of the molecule is COc1cccc(COc2cc(C(=O)O)ccc2C)c1. The van der Waals surface area contributed by atoms with Gasteiger partial charge in [-0.2, -0.15) is 0 Å². The summed E-state index contributed by atoms with van der Waals surface area (Å²) in [5.41, 5.74) is 2.08. The maximum atomic E-state index is 11.0. The fraction of sp³-hybridized carbons (Fsp3) is 0.188. The molecule has 0 spiro atoms. The fourth-order valence-electron chi connectivity index (χ4n) is 1.81. The lowest BCUT2D eigenvalue weighted by atomic mass is 10.1. The average Bonchev–Trinajstić information content (AvgIpc) is 2.46. The Hall–Kier alpha value is -2.49. The molecular formula is C16H16O4. The van der Waals surface area contributed by atoms with E-state index >= 15 is 0 Å². The first-order chi connectivity index (χ1) is 9.60. The fourth-order valence-corrected chi connectivity index (χ4v) is 1.81. The molecule has 0 aromatic heterocycles. The smallest absolute Gasteiger partial charge is 0.335 e. The second-order valence-electron chi connectivity index (χ2n) is 4.43. The lowest BCUT2D eigenvalue weighted by Crippen LogP contribution is -2.01. The molecule has 0 bridgehead atoms. The highest BCUT2D eigenvalue weighted by Gasteiger charge is 2.07. The van der Waals surface area contributed by atoms with Crippen molar-refractivity contribution in [3.8, 4) is 11.5 Å². The van der Waals surface area contributed by atoms with E-state index in [-0.39, 0.29) is 5.56 Å². The highest BCUT2D eigenvalue weighted by atomic mass is 16.5. The van der Waals surface area contributed by atoms with Crippen molar-refractivity contribution in [1.29, 1.82) is 0 Å². The van der Waals surface area contributed by atoms with E-state index in [9.17, 15) is 4.79 Å². The molecular weight excluding hydrogens is 256 g/mol. The number of carbonyl (C=O) groups is 1. The third-order valence-corrected chi connectivity index (χ3v) is 2.96. The summed E-state index contributed by atoms with van der Waals surface area (Å²) >= 11 is 0. The van der Waals surface area contributed by atoms with Gasteiger partial charge in [0, 0.05) is 0 Å². The molecule has 104 valence electrons. The van der Waals surface area contributed by atoms with Crippen LogP contribution in [0, 0.1) is 6.92 Å². The van der Waals surface area contributed by atoms with E-state index in [1.165, 1.54) is 6.07 Å². The van der Waals surface area contributed by atoms with Crippen LogP contribution in [0.1, 0.15) is 21.5 Å². The first kappa shape index (κ1) is 13.9. The molecule has 0 amide bonds. The summed E-state index contributed by atoms with van der Waals surface area (Å²) in [5.74, 6) is 0.381. The van der Waals surface area contributed by atoms with Gasteiger partial charge in [0.2, 0.25) is 0 Å². The summed E-state index contributed by atoms with van der Waals surface area (Å²) in [7, 11) is 1.61. The highest BCUT2D eigenvalue weighted by molar-refractivity contribution is 5.88. The predicted octanol–water partition coefficient (Wildman–Crippen LogP) is 3.28. The van der Waals surface area contributed by atoms with Crippen LogP contribution >= 0.6 is 0 Å². The van der Waals surface area contributed by atoms with Gasteiger partial charge in [-0.25, -0.2) is 4.79 Å². The summed E-state index contributed by atoms with van der Waals surface area (Å²) in [6.45, 7) is 2.24. The molecule has 0 heterocycles. The van der Waals surface area contributed by atoms with Crippen molar-refractivity contribution >= 4 is 5.97 Å². The van der Waals surface area contributed by atoms with Crippen LogP contribution in [0.5, 0.6) is 11.5 Å². The molecule has 1 N–H and O–H groups in total. The Morgan fingerprint density at radius 1 is 1.20 bits per heavy atom. The molecule has 4 nitrogen and oxygen atoms in total. The molecule has 0 aliphatic heterocycles. The van der Waals surface area contributed by atoms with E-state index in [1.807, 2.05) is 31.2 Å². The minimum atomic E-state index is -0.962. The lowest BCUT2D eigenvalue weighted by Gasteiger charge is -2.10. The number of carboxylic acids is 1. The first-order valence-corrected chi connectivity index (χ1v) is 6.20. The molecule has 0 aliphatic rings. The third kappa shape index (κ3) is 3.29. The van der Waals surface area contributed by atoms with Gasteiger partial charge in [0.1, 0.15) is 18.1 Å². The summed E-state index contributed by atoms with van der Waals surface area (Å²) in [6.07, 6.45) is 0. The topological polar surface area (TPSA) is 55.8 Å². The molecule has 0 saturated carbocycles. The van der Waals surface area contributed by atoms with Gasteiger partial charge in [-0.1, -0.05) is 18.2 Å². The normalized spacial score (nSPS) is 10.1. The number of carboxylic acid groups (broad SMARTS) is 1. The van der Waals surface area contributed by atoms with Crippen LogP contribution in [-0.4, -0.2) is 18.2 Å². The van der Waals surface area contributed by atoms with Crippen LogP contribution in [0.3, 0.4) is 0 Å². The zero-order valence-electron chi connectivity index (χ0n) is 11.4. The molecule has 20 heavy (non-hydrogen) atoms. The van der Waals surface area contributed by atoms with Gasteiger partial charge in [-0.3, -0.25) is 0 Å². The van der Waals surface area contributed by atoms with Gasteiger partial charge < -0.3 is 14.6 Å². The van der Waals surface area contributed by atoms with Crippen molar-refractivity contribution in [2.75, 3.05) is 7.11 Å². The van der Waals surface area contributed by atoms with Gasteiger partial charge in [0.05, 0.1) is 12.7 Å². The number of methoxy groups -OCH3 is 1. The van der Waals surface area contributed by atoms with E-state index in [0.717, 1.165) is 16.9 Å². The van der Waals surface area contributed by atoms with Crippen molar-refractivity contribution in [3.63, 3.8) is 0 Å². The Morgan fingerprint density at radius 2 is 2.00 bits per heavy atom. The zero-order valence-corrected chi connectivity index (χ0v) is 11.4. The zero-order chi connectivity index (χ0) is 14.5. The van der Waals surface area contributed by atoms with Gasteiger partial charge in [-0.05, 0) is 42.3 Å². The summed E-state index contributed by atoms with van der Waals surface area (Å²) in [4.78, 5) is 11.0. The molecule has 0 radical (unpaired) electrons. The quantitative estimate of drug-likeness (QED) is 0.907. The van der Waals surface area contributed by atoms with Crippen LogP contribution in [0.25, 0.3) is 0 Å². The number of aryl methyl sites for hydroxylation is 1. The molecule has 0 saturated heterocycles. The van der Waals surface area contributed by atoms with Crippen LogP contribution in [0.15, 0.2) is 42.5 Å². The van der Waals surface area contributed by atoms with Crippen molar-refractivity contribution < 1.29 is 19.4 Å². The second kappa shape index (κ2) is 6.10.